The van der Waals surface area contributed by atoms with E-state index in [0.29, 0.717) is 35.9 Å². The van der Waals surface area contributed by atoms with Gasteiger partial charge in [0.05, 0.1) is 34.3 Å². The Kier molecular flexibility index (Phi) is 4.97. The molecule has 0 aliphatic carbocycles. The summed E-state index contributed by atoms with van der Waals surface area (Å²) in [5, 5.41) is 4.15. The Bertz CT molecular complexity index is 1060. The molecule has 4 rings (SSSR count). The first-order valence-corrected chi connectivity index (χ1v) is 9.86. The van der Waals surface area contributed by atoms with E-state index in [1.807, 2.05) is 0 Å². The van der Waals surface area contributed by atoms with E-state index in [9.17, 15) is 18.0 Å². The van der Waals surface area contributed by atoms with Crippen LogP contribution in [0.2, 0.25) is 0 Å². The number of hydrogen-bond donors (Lipinski definition) is 0. The molecule has 1 aliphatic rings. The number of rotatable bonds is 3. The van der Waals surface area contributed by atoms with Crippen LogP contribution in [0.1, 0.15) is 45.4 Å². The van der Waals surface area contributed by atoms with Crippen molar-refractivity contribution in [2.45, 2.75) is 31.9 Å². The molecule has 0 N–H and O–H groups in total. The number of aromatic nitrogens is 2. The van der Waals surface area contributed by atoms with E-state index in [-0.39, 0.29) is 34.3 Å². The van der Waals surface area contributed by atoms with Crippen molar-refractivity contribution in [3.8, 4) is 5.06 Å². The third-order valence-corrected chi connectivity index (χ3v) is 6.10. The van der Waals surface area contributed by atoms with E-state index < -0.39 is 11.7 Å². The van der Waals surface area contributed by atoms with Gasteiger partial charge in [-0.2, -0.15) is 13.2 Å². The zero-order valence-electron chi connectivity index (χ0n) is 15.7. The average Bonchev–Trinajstić information content (AvgIpc) is 3.33. The van der Waals surface area contributed by atoms with Gasteiger partial charge in [-0.05, 0) is 38.0 Å². The molecule has 0 spiro atoms. The number of carbonyl (C=O) groups excluding carboxylic acids is 1. The number of aryl methyl sites for hydroxylation is 1. The molecule has 10 heteroatoms. The number of amides is 1. The minimum absolute atomic E-state index is 0.115. The predicted molar refractivity (Wildman–Crippen MR) is 100 cm³/mol. The third kappa shape index (κ3) is 3.68. The van der Waals surface area contributed by atoms with Crippen molar-refractivity contribution in [1.82, 2.24) is 15.0 Å². The molecular formula is C19H18F3N3O3S. The quantitative estimate of drug-likeness (QED) is 0.612. The second-order valence-corrected chi connectivity index (χ2v) is 8.00. The second kappa shape index (κ2) is 7.33. The highest BCUT2D eigenvalue weighted by Crippen LogP contribution is 2.38. The number of carbonyl (C=O) groups is 1. The lowest BCUT2D eigenvalue weighted by Crippen LogP contribution is -2.39. The number of thiophene rings is 1. The Hall–Kier alpha value is -2.62. The van der Waals surface area contributed by atoms with E-state index in [1.54, 1.807) is 17.0 Å². The van der Waals surface area contributed by atoms with E-state index in [4.69, 9.17) is 9.26 Å². The van der Waals surface area contributed by atoms with Crippen LogP contribution in [0.25, 0.3) is 11.1 Å². The molecule has 3 aromatic heterocycles. The van der Waals surface area contributed by atoms with Crippen LogP contribution >= 0.6 is 11.3 Å². The van der Waals surface area contributed by atoms with Gasteiger partial charge >= 0.3 is 6.18 Å². The fraction of sp³-hybridized carbons (Fsp3) is 0.421. The zero-order chi connectivity index (χ0) is 20.8. The Balaban J connectivity index is 1.64. The largest absolute Gasteiger partial charge is 0.487 e. The topological polar surface area (TPSA) is 68.5 Å². The molecule has 154 valence electrons. The summed E-state index contributed by atoms with van der Waals surface area (Å²) < 4.78 is 51.0. The molecule has 0 radical (unpaired) electrons. The third-order valence-electron chi connectivity index (χ3n) is 5.06. The van der Waals surface area contributed by atoms with Crippen LogP contribution in [-0.2, 0) is 6.18 Å². The predicted octanol–water partition coefficient (Wildman–Crippen LogP) is 4.64. The highest BCUT2D eigenvalue weighted by molar-refractivity contribution is 7.15. The van der Waals surface area contributed by atoms with Crippen molar-refractivity contribution in [2.75, 3.05) is 20.2 Å². The molecule has 3 aromatic rings. The van der Waals surface area contributed by atoms with Gasteiger partial charge in [0.2, 0.25) is 0 Å². The molecular weight excluding hydrogens is 407 g/mol. The normalized spacial score (nSPS) is 17.7. The Morgan fingerprint density at radius 2 is 2.17 bits per heavy atom. The molecule has 4 heterocycles. The molecule has 1 atom stereocenters. The highest BCUT2D eigenvalue weighted by atomic mass is 32.1. The number of piperidine rings is 1. The van der Waals surface area contributed by atoms with Crippen LogP contribution in [0.5, 0.6) is 5.06 Å². The van der Waals surface area contributed by atoms with Crippen LogP contribution in [0.3, 0.4) is 0 Å². The summed E-state index contributed by atoms with van der Waals surface area (Å²) in [4.78, 5) is 19.3. The molecule has 29 heavy (non-hydrogen) atoms. The molecule has 1 saturated heterocycles. The van der Waals surface area contributed by atoms with Gasteiger partial charge in [-0.3, -0.25) is 4.79 Å². The number of likely N-dealkylation sites (tertiary alicyclic amines) is 1. The summed E-state index contributed by atoms with van der Waals surface area (Å²) in [6.45, 7) is 2.30. The number of halogens is 3. The molecule has 1 fully saturated rings. The lowest BCUT2D eigenvalue weighted by molar-refractivity contribution is -0.136. The number of nitrogens with zero attached hydrogens (tertiary/aromatic N) is 3. The first kappa shape index (κ1) is 19.7. The van der Waals surface area contributed by atoms with Crippen molar-refractivity contribution in [2.24, 2.45) is 0 Å². The van der Waals surface area contributed by atoms with Crippen LogP contribution in [-0.4, -0.2) is 41.1 Å². The van der Waals surface area contributed by atoms with E-state index in [1.165, 1.54) is 25.4 Å². The summed E-state index contributed by atoms with van der Waals surface area (Å²) in [7, 11) is 1.53. The van der Waals surface area contributed by atoms with Crippen molar-refractivity contribution < 1.29 is 27.2 Å². The minimum atomic E-state index is -4.55. The number of methoxy groups -OCH3 is 1. The van der Waals surface area contributed by atoms with E-state index in [0.717, 1.165) is 6.07 Å². The van der Waals surface area contributed by atoms with Crippen molar-refractivity contribution in [1.29, 1.82) is 0 Å². The van der Waals surface area contributed by atoms with Crippen LogP contribution in [0, 0.1) is 6.92 Å². The maximum atomic E-state index is 13.6. The van der Waals surface area contributed by atoms with Gasteiger partial charge in [-0.1, -0.05) is 16.5 Å². The smallest absolute Gasteiger partial charge is 0.417 e. The van der Waals surface area contributed by atoms with E-state index >= 15 is 0 Å². The second-order valence-electron chi connectivity index (χ2n) is 6.95. The van der Waals surface area contributed by atoms with E-state index in [2.05, 4.69) is 10.1 Å². The monoisotopic (exact) mass is 425 g/mol. The molecule has 0 saturated carbocycles. The maximum Gasteiger partial charge on any atom is 0.417 e. The first-order chi connectivity index (χ1) is 13.8. The van der Waals surface area contributed by atoms with Crippen LogP contribution < -0.4 is 4.74 Å². The molecule has 1 amide bonds. The van der Waals surface area contributed by atoms with Crippen molar-refractivity contribution >= 4 is 28.3 Å². The van der Waals surface area contributed by atoms with Gasteiger partial charge in [0.1, 0.15) is 0 Å². The Morgan fingerprint density at radius 1 is 1.38 bits per heavy atom. The zero-order valence-corrected chi connectivity index (χ0v) is 16.6. The number of hydrogen-bond acceptors (Lipinski definition) is 6. The summed E-state index contributed by atoms with van der Waals surface area (Å²) in [5.41, 5.74) is -0.512. The number of ether oxygens (including phenoxy) is 1. The van der Waals surface area contributed by atoms with Gasteiger partial charge in [0.15, 0.2) is 5.06 Å². The summed E-state index contributed by atoms with van der Waals surface area (Å²) in [6, 6.07) is 4.48. The minimum Gasteiger partial charge on any atom is -0.487 e. The van der Waals surface area contributed by atoms with Gasteiger partial charge in [0, 0.05) is 19.0 Å². The highest BCUT2D eigenvalue weighted by Gasteiger charge is 2.37. The molecule has 0 aromatic carbocycles. The Morgan fingerprint density at radius 3 is 2.86 bits per heavy atom. The fourth-order valence-electron chi connectivity index (χ4n) is 3.65. The number of pyridine rings is 1. The molecule has 0 unspecified atom stereocenters. The number of alkyl halides is 3. The molecule has 1 aliphatic heterocycles. The van der Waals surface area contributed by atoms with Gasteiger partial charge < -0.3 is 14.2 Å². The first-order valence-electron chi connectivity index (χ1n) is 9.05. The van der Waals surface area contributed by atoms with Crippen molar-refractivity contribution in [3.63, 3.8) is 0 Å². The molecule has 6 nitrogen and oxygen atoms in total. The lowest BCUT2D eigenvalue weighted by atomic mass is 9.92. The number of fused-ring (bicyclic) bond motifs is 1. The SMILES string of the molecule is COc1ccc(C(=O)N2CCC[C@H](c3cc(C(F)(F)F)c4c(C)noc4n3)C2)s1. The van der Waals surface area contributed by atoms with Gasteiger partial charge in [-0.15, -0.1) is 0 Å². The maximum absolute atomic E-state index is 13.6. The average molecular weight is 425 g/mol. The van der Waals surface area contributed by atoms with Crippen molar-refractivity contribution in [3.05, 3.63) is 40.0 Å². The van der Waals surface area contributed by atoms with Crippen LogP contribution in [0.15, 0.2) is 22.7 Å². The van der Waals surface area contributed by atoms with Gasteiger partial charge in [0.25, 0.3) is 11.6 Å². The lowest BCUT2D eigenvalue weighted by Gasteiger charge is -2.32. The fourth-order valence-corrected chi connectivity index (χ4v) is 4.44. The summed E-state index contributed by atoms with van der Waals surface area (Å²) >= 11 is 1.24. The summed E-state index contributed by atoms with van der Waals surface area (Å²) in [6.07, 6.45) is -3.24. The summed E-state index contributed by atoms with van der Waals surface area (Å²) in [5.74, 6) is -0.471. The van der Waals surface area contributed by atoms with Gasteiger partial charge in [-0.25, -0.2) is 4.98 Å². The molecule has 0 bridgehead atoms. The Labute approximate surface area is 168 Å². The van der Waals surface area contributed by atoms with Crippen LogP contribution in [0.4, 0.5) is 13.2 Å². The standard InChI is InChI=1S/C19H18F3N3O3S/c1-10-16-12(19(20,21)22)8-13(23-17(16)28-24-10)11-4-3-7-25(9-11)18(26)14-5-6-15(27-2)29-14/h5-6,8,11H,3-4,7,9H2,1-2H3/t11-/m0/s1.